The minimum atomic E-state index is 0. The van der Waals surface area contributed by atoms with Crippen LogP contribution in [-0.2, 0) is 16.8 Å². The molecule has 8 heavy (non-hydrogen) atoms. The number of rotatable bonds is 0. The second-order valence-electron chi connectivity index (χ2n) is 0. The van der Waals surface area contributed by atoms with E-state index in [1.54, 1.807) is 0 Å². The van der Waals surface area contributed by atoms with Crippen LogP contribution in [0.2, 0.25) is 0 Å². The molecule has 0 aliphatic rings. The Morgan fingerprint density at radius 3 is 0.250 bits per heavy atom. The third-order valence-corrected chi connectivity index (χ3v) is 0. The van der Waals surface area contributed by atoms with Gasteiger partial charge < -0.3 is 0 Å². The quantitative estimate of drug-likeness (QED) is 0.645. The van der Waals surface area contributed by atoms with Crippen molar-refractivity contribution in [3.05, 3.63) is 0 Å². The van der Waals surface area contributed by atoms with E-state index in [1.807, 2.05) is 0 Å². The zero-order valence-corrected chi connectivity index (χ0v) is 9.95. The average molecular weight is 314 g/mol. The SMILES string of the molecule is Cl.Cl.Cl.Cl.Cl.Cl.Cl.[Co]. The molecule has 0 aromatic carbocycles. The Kier molecular flexibility index (Phi) is 2010. The van der Waals surface area contributed by atoms with Gasteiger partial charge in [0.2, 0.25) is 0 Å². The molecule has 0 atom stereocenters. The molecule has 0 aromatic rings. The normalized spacial score (nSPS) is 0. The van der Waals surface area contributed by atoms with Crippen LogP contribution in [0, 0.1) is 0 Å². The van der Waals surface area contributed by atoms with Gasteiger partial charge in [-0.3, -0.25) is 0 Å². The molecule has 0 amide bonds. The zero-order chi connectivity index (χ0) is 0. The van der Waals surface area contributed by atoms with Gasteiger partial charge >= 0.3 is 0 Å². The number of halogens is 7. The van der Waals surface area contributed by atoms with Crippen molar-refractivity contribution in [1.82, 2.24) is 0 Å². The number of hydrogen-bond donors (Lipinski definition) is 0. The molecule has 0 nitrogen and oxygen atoms in total. The Morgan fingerprint density at radius 2 is 0.250 bits per heavy atom. The van der Waals surface area contributed by atoms with Gasteiger partial charge in [-0.1, -0.05) is 0 Å². The largest absolute Gasteiger partial charge is 0.147 e. The van der Waals surface area contributed by atoms with Crippen LogP contribution in [0.15, 0.2) is 0 Å². The van der Waals surface area contributed by atoms with Crippen LogP contribution in [0.3, 0.4) is 0 Å². The van der Waals surface area contributed by atoms with Crippen LogP contribution in [0.5, 0.6) is 0 Å². The van der Waals surface area contributed by atoms with Gasteiger partial charge in [0.25, 0.3) is 0 Å². The maximum atomic E-state index is 0. The third-order valence-electron chi connectivity index (χ3n) is 0. The monoisotopic (exact) mass is 311 g/mol. The predicted molar refractivity (Wildman–Crippen MR) is 50.7 cm³/mol. The van der Waals surface area contributed by atoms with Gasteiger partial charge in [-0.2, -0.15) is 0 Å². The first-order chi connectivity index (χ1) is 0. The topological polar surface area (TPSA) is 0 Å². The van der Waals surface area contributed by atoms with E-state index in [-0.39, 0.29) is 104 Å². The summed E-state index contributed by atoms with van der Waals surface area (Å²) in [5.74, 6) is 0. The summed E-state index contributed by atoms with van der Waals surface area (Å²) >= 11 is 0. The van der Waals surface area contributed by atoms with E-state index in [4.69, 9.17) is 0 Å². The molecule has 0 spiro atoms. The van der Waals surface area contributed by atoms with Crippen molar-refractivity contribution >= 4 is 86.8 Å². The molecule has 0 aliphatic heterocycles. The summed E-state index contributed by atoms with van der Waals surface area (Å²) in [6.07, 6.45) is 0. The molecule has 65 valence electrons. The summed E-state index contributed by atoms with van der Waals surface area (Å²) in [5.41, 5.74) is 0. The van der Waals surface area contributed by atoms with Crippen LogP contribution in [0.1, 0.15) is 0 Å². The molecule has 0 heterocycles. The first-order valence-electron chi connectivity index (χ1n) is 0. The summed E-state index contributed by atoms with van der Waals surface area (Å²) in [6.45, 7) is 0. The molecule has 0 saturated carbocycles. The van der Waals surface area contributed by atoms with Crippen LogP contribution < -0.4 is 0 Å². The molecule has 1 radical (unpaired) electrons. The molecule has 0 rings (SSSR count). The molecular formula is H7Cl7Co. The fraction of sp³-hybridized carbons (Fsp3) is 0. The number of hydrogen-bond acceptors (Lipinski definition) is 0. The smallest absolute Gasteiger partial charge is 0 e. The summed E-state index contributed by atoms with van der Waals surface area (Å²) in [4.78, 5) is 0. The Labute approximate surface area is 103 Å². The van der Waals surface area contributed by atoms with Crippen LogP contribution in [-0.4, -0.2) is 0 Å². The molecule has 8 heteroatoms. The van der Waals surface area contributed by atoms with E-state index >= 15 is 0 Å². The summed E-state index contributed by atoms with van der Waals surface area (Å²) < 4.78 is 0. The van der Waals surface area contributed by atoms with E-state index in [1.165, 1.54) is 0 Å². The van der Waals surface area contributed by atoms with Gasteiger partial charge in [0.05, 0.1) is 0 Å². The molecular weight excluding hydrogens is 307 g/mol. The minimum absolute atomic E-state index is 0. The first kappa shape index (κ1) is 149. The van der Waals surface area contributed by atoms with Crippen molar-refractivity contribution in [3.63, 3.8) is 0 Å². The van der Waals surface area contributed by atoms with Gasteiger partial charge in [-0.25, -0.2) is 0 Å². The van der Waals surface area contributed by atoms with Gasteiger partial charge in [0.1, 0.15) is 0 Å². The Morgan fingerprint density at radius 1 is 0.250 bits per heavy atom. The van der Waals surface area contributed by atoms with E-state index < -0.39 is 0 Å². The van der Waals surface area contributed by atoms with E-state index in [0.717, 1.165) is 0 Å². The van der Waals surface area contributed by atoms with E-state index in [9.17, 15) is 0 Å². The molecule has 0 aliphatic carbocycles. The second-order valence-corrected chi connectivity index (χ2v) is 0. The average Bonchev–Trinajstić information content (AvgIpc) is 0. The molecule has 0 bridgehead atoms. The van der Waals surface area contributed by atoms with Gasteiger partial charge in [0.15, 0.2) is 0 Å². The molecule has 0 saturated heterocycles. The maximum absolute atomic E-state index is 0. The molecule has 0 aromatic heterocycles. The van der Waals surface area contributed by atoms with Gasteiger partial charge in [0, 0.05) is 16.8 Å². The van der Waals surface area contributed by atoms with Gasteiger partial charge in [-0.05, 0) is 0 Å². The maximum Gasteiger partial charge on any atom is 0 e. The van der Waals surface area contributed by atoms with Crippen molar-refractivity contribution < 1.29 is 16.8 Å². The molecule has 0 unspecified atom stereocenters. The Balaban J connectivity index is 0. The van der Waals surface area contributed by atoms with Gasteiger partial charge in [-0.15, -0.1) is 86.8 Å². The fourth-order valence-electron chi connectivity index (χ4n) is 0. The Hall–Kier alpha value is 2.54. The van der Waals surface area contributed by atoms with Crippen molar-refractivity contribution in [3.8, 4) is 0 Å². The van der Waals surface area contributed by atoms with Crippen LogP contribution >= 0.6 is 86.8 Å². The standard InChI is InChI=1S/7ClH.Co/h7*1H;. The third kappa shape index (κ3) is 75.4. The first-order valence-corrected chi connectivity index (χ1v) is 0. The predicted octanol–water partition coefficient (Wildman–Crippen LogP) is 2.95. The van der Waals surface area contributed by atoms with Crippen molar-refractivity contribution in [2.24, 2.45) is 0 Å². The van der Waals surface area contributed by atoms with Crippen molar-refractivity contribution in [2.75, 3.05) is 0 Å². The van der Waals surface area contributed by atoms with E-state index in [2.05, 4.69) is 0 Å². The fourth-order valence-corrected chi connectivity index (χ4v) is 0. The summed E-state index contributed by atoms with van der Waals surface area (Å²) in [5, 5.41) is 0. The molecule has 0 fully saturated rings. The Bertz CT molecular complexity index is 4.35. The van der Waals surface area contributed by atoms with Crippen LogP contribution in [0.4, 0.5) is 0 Å². The second kappa shape index (κ2) is 108. The minimum Gasteiger partial charge on any atom is -0.147 e. The summed E-state index contributed by atoms with van der Waals surface area (Å²) in [6, 6.07) is 0. The molecule has 0 N–H and O–H groups in total. The zero-order valence-electron chi connectivity index (χ0n) is 3.19. The van der Waals surface area contributed by atoms with Crippen molar-refractivity contribution in [1.29, 1.82) is 0 Å². The van der Waals surface area contributed by atoms with E-state index in [0.29, 0.717) is 0 Å². The van der Waals surface area contributed by atoms with Crippen molar-refractivity contribution in [2.45, 2.75) is 0 Å². The summed E-state index contributed by atoms with van der Waals surface area (Å²) in [7, 11) is 0. The van der Waals surface area contributed by atoms with Crippen LogP contribution in [0.25, 0.3) is 0 Å².